The van der Waals surface area contributed by atoms with Crippen molar-refractivity contribution in [3.63, 3.8) is 0 Å². The average Bonchev–Trinajstić information content (AvgIpc) is 2.67. The maximum absolute atomic E-state index is 11.1. The molecule has 1 heterocycles. The average molecular weight is 214 g/mol. The van der Waals surface area contributed by atoms with Crippen LogP contribution in [0, 0.1) is 0 Å². The number of amides is 1. The first-order chi connectivity index (χ1) is 6.83. The third-order valence-electron chi connectivity index (χ3n) is 1.58. The van der Waals surface area contributed by atoms with Crippen molar-refractivity contribution >= 4 is 17.2 Å². The number of carbonyl (C=O) groups excluding carboxylic acids is 1. The Balaban J connectivity index is 2.06. The number of carbonyl (C=O) groups is 1. The molecule has 0 aliphatic heterocycles. The van der Waals surface area contributed by atoms with E-state index in [9.17, 15) is 4.79 Å². The van der Waals surface area contributed by atoms with Crippen molar-refractivity contribution in [1.29, 1.82) is 0 Å². The topological polar surface area (TPSA) is 51.2 Å². The van der Waals surface area contributed by atoms with Crippen LogP contribution in [-0.4, -0.2) is 30.6 Å². The molecule has 0 spiro atoms. The Kier molecular flexibility index (Phi) is 5.17. The molecule has 4 nitrogen and oxygen atoms in total. The minimum absolute atomic E-state index is 0.0663. The minimum atomic E-state index is -0.0663. The zero-order chi connectivity index (χ0) is 10.2. The van der Waals surface area contributed by atoms with E-state index in [0.29, 0.717) is 13.2 Å². The number of nitrogens with zero attached hydrogens (tertiary/aromatic N) is 1. The van der Waals surface area contributed by atoms with Gasteiger partial charge < -0.3 is 10.1 Å². The van der Waals surface area contributed by atoms with Gasteiger partial charge in [0.2, 0.25) is 5.91 Å². The van der Waals surface area contributed by atoms with Crippen LogP contribution in [0.1, 0.15) is 11.9 Å². The van der Waals surface area contributed by atoms with Crippen LogP contribution < -0.4 is 5.32 Å². The molecule has 0 saturated carbocycles. The molecule has 1 aromatic rings. The highest BCUT2D eigenvalue weighted by Gasteiger charge is 2.00. The van der Waals surface area contributed by atoms with Gasteiger partial charge in [0.1, 0.15) is 6.61 Å². The van der Waals surface area contributed by atoms with Gasteiger partial charge in [-0.25, -0.2) is 4.98 Å². The number of thiazole rings is 1. The van der Waals surface area contributed by atoms with E-state index in [2.05, 4.69) is 10.3 Å². The summed E-state index contributed by atoms with van der Waals surface area (Å²) in [5.41, 5.74) is 0. The number of hydrogen-bond donors (Lipinski definition) is 1. The highest BCUT2D eigenvalue weighted by atomic mass is 32.1. The lowest BCUT2D eigenvalue weighted by Crippen LogP contribution is -2.29. The van der Waals surface area contributed by atoms with Crippen molar-refractivity contribution in [2.24, 2.45) is 0 Å². The second kappa shape index (κ2) is 6.50. The molecule has 0 unspecified atom stereocenters. The number of ether oxygens (including phenoxy) is 1. The van der Waals surface area contributed by atoms with Crippen LogP contribution in [0.5, 0.6) is 0 Å². The zero-order valence-corrected chi connectivity index (χ0v) is 8.97. The molecule has 0 aliphatic rings. The molecular weight excluding hydrogens is 200 g/mol. The van der Waals surface area contributed by atoms with E-state index in [1.807, 2.05) is 12.3 Å². The fraction of sp³-hybridized carbons (Fsp3) is 0.556. The van der Waals surface area contributed by atoms with Crippen LogP contribution in [-0.2, 0) is 16.0 Å². The lowest BCUT2D eigenvalue weighted by Gasteiger charge is -2.03. The van der Waals surface area contributed by atoms with Gasteiger partial charge >= 0.3 is 0 Å². The van der Waals surface area contributed by atoms with Crippen molar-refractivity contribution in [1.82, 2.24) is 10.3 Å². The molecule has 0 atom stereocenters. The van der Waals surface area contributed by atoms with E-state index in [0.717, 1.165) is 11.4 Å². The number of rotatable bonds is 6. The van der Waals surface area contributed by atoms with Gasteiger partial charge in [0.25, 0.3) is 0 Å². The molecule has 0 radical (unpaired) electrons. The number of nitrogens with one attached hydrogen (secondary N) is 1. The van der Waals surface area contributed by atoms with Crippen LogP contribution in [0.2, 0.25) is 0 Å². The molecule has 0 saturated heterocycles. The predicted octanol–water partition coefficient (Wildman–Crippen LogP) is 0.838. The standard InChI is InChI=1S/C9H14N2O2S/c1-2-13-7-8(12)10-4-3-9-11-5-6-14-9/h5-6H,2-4,7H2,1H3,(H,10,12). The van der Waals surface area contributed by atoms with Crippen molar-refractivity contribution in [3.8, 4) is 0 Å². The van der Waals surface area contributed by atoms with Crippen molar-refractivity contribution < 1.29 is 9.53 Å². The molecule has 5 heteroatoms. The first-order valence-electron chi connectivity index (χ1n) is 4.55. The van der Waals surface area contributed by atoms with E-state index in [4.69, 9.17) is 4.74 Å². The molecule has 0 fully saturated rings. The smallest absolute Gasteiger partial charge is 0.246 e. The molecule has 1 amide bonds. The number of hydrogen-bond acceptors (Lipinski definition) is 4. The molecule has 1 rings (SSSR count). The monoisotopic (exact) mass is 214 g/mol. The first kappa shape index (κ1) is 11.1. The Morgan fingerprint density at radius 2 is 2.57 bits per heavy atom. The fourth-order valence-corrected chi connectivity index (χ4v) is 1.55. The summed E-state index contributed by atoms with van der Waals surface area (Å²) in [5, 5.41) is 5.73. The Bertz CT molecular complexity index is 262. The first-order valence-corrected chi connectivity index (χ1v) is 5.43. The third kappa shape index (κ3) is 4.34. The Labute approximate surface area is 87.3 Å². The zero-order valence-electron chi connectivity index (χ0n) is 8.16. The Hall–Kier alpha value is -0.940. The highest BCUT2D eigenvalue weighted by Crippen LogP contribution is 2.03. The minimum Gasteiger partial charge on any atom is -0.372 e. The molecule has 78 valence electrons. The predicted molar refractivity (Wildman–Crippen MR) is 55.3 cm³/mol. The van der Waals surface area contributed by atoms with Gasteiger partial charge in [-0.15, -0.1) is 11.3 Å². The third-order valence-corrected chi connectivity index (χ3v) is 2.42. The van der Waals surface area contributed by atoms with Gasteiger partial charge in [0.05, 0.1) is 5.01 Å². The van der Waals surface area contributed by atoms with E-state index < -0.39 is 0 Å². The number of aromatic nitrogens is 1. The molecule has 1 aromatic heterocycles. The van der Waals surface area contributed by atoms with E-state index >= 15 is 0 Å². The molecule has 14 heavy (non-hydrogen) atoms. The van der Waals surface area contributed by atoms with Crippen molar-refractivity contribution in [2.45, 2.75) is 13.3 Å². The second-order valence-corrected chi connectivity index (χ2v) is 3.64. The largest absolute Gasteiger partial charge is 0.372 e. The molecular formula is C9H14N2O2S. The SMILES string of the molecule is CCOCC(=O)NCCc1nccs1. The van der Waals surface area contributed by atoms with Crippen LogP contribution in [0.3, 0.4) is 0 Å². The molecule has 0 aliphatic carbocycles. The summed E-state index contributed by atoms with van der Waals surface area (Å²) in [4.78, 5) is 15.2. The van der Waals surface area contributed by atoms with Gasteiger partial charge in [0.15, 0.2) is 0 Å². The molecule has 0 bridgehead atoms. The second-order valence-electron chi connectivity index (χ2n) is 2.66. The fourth-order valence-electron chi connectivity index (χ4n) is 0.931. The highest BCUT2D eigenvalue weighted by molar-refractivity contribution is 7.09. The van der Waals surface area contributed by atoms with Gasteiger partial charge in [-0.3, -0.25) is 4.79 Å². The van der Waals surface area contributed by atoms with Crippen LogP contribution in [0.15, 0.2) is 11.6 Å². The van der Waals surface area contributed by atoms with E-state index in [-0.39, 0.29) is 12.5 Å². The summed E-state index contributed by atoms with van der Waals surface area (Å²) < 4.78 is 4.96. The summed E-state index contributed by atoms with van der Waals surface area (Å²) in [7, 11) is 0. The maximum Gasteiger partial charge on any atom is 0.246 e. The lowest BCUT2D eigenvalue weighted by atomic mass is 10.4. The van der Waals surface area contributed by atoms with E-state index in [1.54, 1.807) is 17.5 Å². The quantitative estimate of drug-likeness (QED) is 0.763. The van der Waals surface area contributed by atoms with Crippen molar-refractivity contribution in [2.75, 3.05) is 19.8 Å². The molecule has 0 aromatic carbocycles. The Morgan fingerprint density at radius 1 is 1.71 bits per heavy atom. The summed E-state index contributed by atoms with van der Waals surface area (Å²) >= 11 is 1.60. The lowest BCUT2D eigenvalue weighted by molar-refractivity contribution is -0.125. The maximum atomic E-state index is 11.1. The molecule has 1 N–H and O–H groups in total. The van der Waals surface area contributed by atoms with Crippen molar-refractivity contribution in [3.05, 3.63) is 16.6 Å². The van der Waals surface area contributed by atoms with Crippen LogP contribution >= 0.6 is 11.3 Å². The normalized spacial score (nSPS) is 10.1. The summed E-state index contributed by atoms with van der Waals surface area (Å²) in [6, 6.07) is 0. The van der Waals surface area contributed by atoms with Crippen LogP contribution in [0.25, 0.3) is 0 Å². The van der Waals surface area contributed by atoms with Gasteiger partial charge in [-0.2, -0.15) is 0 Å². The van der Waals surface area contributed by atoms with Gasteiger partial charge in [0, 0.05) is 31.1 Å². The summed E-state index contributed by atoms with van der Waals surface area (Å²) in [6.07, 6.45) is 2.55. The van der Waals surface area contributed by atoms with E-state index in [1.165, 1.54) is 0 Å². The summed E-state index contributed by atoms with van der Waals surface area (Å²) in [6.45, 7) is 3.20. The Morgan fingerprint density at radius 3 is 3.21 bits per heavy atom. The van der Waals surface area contributed by atoms with Crippen LogP contribution in [0.4, 0.5) is 0 Å². The summed E-state index contributed by atoms with van der Waals surface area (Å²) in [5.74, 6) is -0.0663. The van der Waals surface area contributed by atoms with Gasteiger partial charge in [-0.05, 0) is 6.92 Å². The van der Waals surface area contributed by atoms with Gasteiger partial charge in [-0.1, -0.05) is 0 Å².